The van der Waals surface area contributed by atoms with Gasteiger partial charge in [0.2, 0.25) is 0 Å². The molecule has 3 heteroatoms. The van der Waals surface area contributed by atoms with E-state index in [4.69, 9.17) is 5.73 Å². The third kappa shape index (κ3) is 2.80. The fourth-order valence-corrected chi connectivity index (χ4v) is 1.98. The number of nitrogens with two attached hydrogens (primary N) is 1. The van der Waals surface area contributed by atoms with E-state index >= 15 is 0 Å². The lowest BCUT2D eigenvalue weighted by Gasteiger charge is -2.21. The van der Waals surface area contributed by atoms with E-state index in [9.17, 15) is 4.39 Å². The van der Waals surface area contributed by atoms with E-state index in [2.05, 4.69) is 0 Å². The number of aryl methyl sites for hydroxylation is 1. The topological polar surface area (TPSA) is 29.3 Å². The summed E-state index contributed by atoms with van der Waals surface area (Å²) in [5.74, 6) is -0.210. The molecule has 0 unspecified atom stereocenters. The summed E-state index contributed by atoms with van der Waals surface area (Å²) in [6.07, 6.45) is 0. The standard InChI is InChI=1S/C15H17FN2/c1-11-6-7-14(17)15(8-11)18(2)10-12-4-3-5-13(16)9-12/h3-9H,10,17H2,1-2H3. The second-order valence-electron chi connectivity index (χ2n) is 4.55. The predicted molar refractivity (Wildman–Crippen MR) is 74.1 cm³/mol. The van der Waals surface area contributed by atoms with Crippen LogP contribution in [-0.2, 0) is 6.54 Å². The third-order valence-corrected chi connectivity index (χ3v) is 2.91. The maximum Gasteiger partial charge on any atom is 0.123 e. The molecule has 2 N–H and O–H groups in total. The van der Waals surface area contributed by atoms with Gasteiger partial charge in [0.1, 0.15) is 5.82 Å². The minimum absolute atomic E-state index is 0.210. The first-order valence-corrected chi connectivity index (χ1v) is 5.88. The Morgan fingerprint density at radius 3 is 2.67 bits per heavy atom. The van der Waals surface area contributed by atoms with Gasteiger partial charge in [0.25, 0.3) is 0 Å². The van der Waals surface area contributed by atoms with E-state index in [0.29, 0.717) is 6.54 Å². The van der Waals surface area contributed by atoms with Crippen molar-refractivity contribution >= 4 is 11.4 Å². The van der Waals surface area contributed by atoms with E-state index in [1.54, 1.807) is 12.1 Å². The molecule has 2 rings (SSSR count). The van der Waals surface area contributed by atoms with Crippen LogP contribution in [0.15, 0.2) is 42.5 Å². The Bertz CT molecular complexity index is 552. The molecule has 0 spiro atoms. The molecule has 2 aromatic carbocycles. The summed E-state index contributed by atoms with van der Waals surface area (Å²) < 4.78 is 13.1. The van der Waals surface area contributed by atoms with E-state index in [1.807, 2.05) is 43.1 Å². The van der Waals surface area contributed by atoms with Crippen LogP contribution in [-0.4, -0.2) is 7.05 Å². The number of anilines is 2. The number of nitrogens with zero attached hydrogens (tertiary/aromatic N) is 1. The summed E-state index contributed by atoms with van der Waals surface area (Å²) in [4.78, 5) is 2.02. The van der Waals surface area contributed by atoms with Gasteiger partial charge in [-0.25, -0.2) is 4.39 Å². The van der Waals surface area contributed by atoms with Crippen molar-refractivity contribution in [2.45, 2.75) is 13.5 Å². The van der Waals surface area contributed by atoms with Crippen LogP contribution in [0, 0.1) is 12.7 Å². The van der Waals surface area contributed by atoms with Gasteiger partial charge in [0, 0.05) is 13.6 Å². The van der Waals surface area contributed by atoms with E-state index < -0.39 is 0 Å². The molecule has 0 bridgehead atoms. The molecule has 0 heterocycles. The Balaban J connectivity index is 2.21. The number of nitrogen functional groups attached to an aromatic ring is 1. The van der Waals surface area contributed by atoms with Crippen LogP contribution in [0.25, 0.3) is 0 Å². The van der Waals surface area contributed by atoms with Gasteiger partial charge in [-0.05, 0) is 42.3 Å². The number of halogens is 1. The van der Waals surface area contributed by atoms with Crippen LogP contribution < -0.4 is 10.6 Å². The highest BCUT2D eigenvalue weighted by atomic mass is 19.1. The van der Waals surface area contributed by atoms with Crippen LogP contribution in [0.4, 0.5) is 15.8 Å². The average Bonchev–Trinajstić information content (AvgIpc) is 2.32. The lowest BCUT2D eigenvalue weighted by molar-refractivity contribution is 0.625. The molecule has 2 aromatic rings. The van der Waals surface area contributed by atoms with Gasteiger partial charge in [0.05, 0.1) is 11.4 Å². The molecule has 0 saturated heterocycles. The molecule has 0 saturated carbocycles. The second kappa shape index (κ2) is 5.08. The highest BCUT2D eigenvalue weighted by Crippen LogP contribution is 2.24. The Morgan fingerprint density at radius 2 is 1.94 bits per heavy atom. The van der Waals surface area contributed by atoms with Gasteiger partial charge in [-0.15, -0.1) is 0 Å². The molecule has 2 nitrogen and oxygen atoms in total. The maximum atomic E-state index is 13.1. The summed E-state index contributed by atoms with van der Waals surface area (Å²) >= 11 is 0. The van der Waals surface area contributed by atoms with Crippen LogP contribution in [0.3, 0.4) is 0 Å². The first-order chi connectivity index (χ1) is 8.56. The second-order valence-corrected chi connectivity index (χ2v) is 4.55. The summed E-state index contributed by atoms with van der Waals surface area (Å²) in [7, 11) is 1.95. The first kappa shape index (κ1) is 12.4. The molecular weight excluding hydrogens is 227 g/mol. The van der Waals surface area contributed by atoms with Gasteiger partial charge in [-0.1, -0.05) is 18.2 Å². The summed E-state index contributed by atoms with van der Waals surface area (Å²) in [6.45, 7) is 2.66. The predicted octanol–water partition coefficient (Wildman–Crippen LogP) is 3.35. The Kier molecular flexibility index (Phi) is 3.51. The van der Waals surface area contributed by atoms with Crippen LogP contribution in [0.1, 0.15) is 11.1 Å². The maximum absolute atomic E-state index is 13.1. The van der Waals surface area contributed by atoms with Crippen molar-refractivity contribution in [3.8, 4) is 0 Å². The van der Waals surface area contributed by atoms with E-state index in [0.717, 1.165) is 22.5 Å². The fraction of sp³-hybridized carbons (Fsp3) is 0.200. The van der Waals surface area contributed by atoms with Crippen molar-refractivity contribution in [1.82, 2.24) is 0 Å². The molecule has 0 aromatic heterocycles. The minimum atomic E-state index is -0.210. The van der Waals surface area contributed by atoms with Crippen LogP contribution in [0.5, 0.6) is 0 Å². The zero-order valence-corrected chi connectivity index (χ0v) is 10.7. The SMILES string of the molecule is Cc1ccc(N)c(N(C)Cc2cccc(F)c2)c1. The van der Waals surface area contributed by atoms with Crippen molar-refractivity contribution in [1.29, 1.82) is 0 Å². The molecule has 0 fully saturated rings. The summed E-state index contributed by atoms with van der Waals surface area (Å²) in [5.41, 5.74) is 9.75. The Hall–Kier alpha value is -2.03. The van der Waals surface area contributed by atoms with Gasteiger partial charge in [0.15, 0.2) is 0 Å². The quantitative estimate of drug-likeness (QED) is 0.839. The van der Waals surface area contributed by atoms with E-state index in [1.165, 1.54) is 6.07 Å². The monoisotopic (exact) mass is 244 g/mol. The molecule has 0 aliphatic carbocycles. The normalized spacial score (nSPS) is 10.4. The zero-order valence-electron chi connectivity index (χ0n) is 10.7. The largest absolute Gasteiger partial charge is 0.397 e. The highest BCUT2D eigenvalue weighted by molar-refractivity contribution is 5.68. The minimum Gasteiger partial charge on any atom is -0.397 e. The molecular formula is C15H17FN2. The Morgan fingerprint density at radius 1 is 1.17 bits per heavy atom. The summed E-state index contributed by atoms with van der Waals surface area (Å²) in [6, 6.07) is 12.5. The van der Waals surface area contributed by atoms with Gasteiger partial charge < -0.3 is 10.6 Å². The third-order valence-electron chi connectivity index (χ3n) is 2.91. The van der Waals surface area contributed by atoms with Crippen molar-refractivity contribution in [3.63, 3.8) is 0 Å². The van der Waals surface area contributed by atoms with Crippen molar-refractivity contribution in [3.05, 3.63) is 59.4 Å². The number of benzene rings is 2. The molecule has 0 aliphatic rings. The fourth-order valence-electron chi connectivity index (χ4n) is 1.98. The molecule has 0 amide bonds. The number of hydrogen-bond donors (Lipinski definition) is 1. The molecule has 18 heavy (non-hydrogen) atoms. The highest BCUT2D eigenvalue weighted by Gasteiger charge is 2.06. The van der Waals surface area contributed by atoms with Gasteiger partial charge >= 0.3 is 0 Å². The lowest BCUT2D eigenvalue weighted by atomic mass is 10.1. The van der Waals surface area contributed by atoms with Crippen molar-refractivity contribution in [2.75, 3.05) is 17.7 Å². The lowest BCUT2D eigenvalue weighted by Crippen LogP contribution is -2.18. The first-order valence-electron chi connectivity index (χ1n) is 5.88. The zero-order chi connectivity index (χ0) is 13.1. The molecule has 0 atom stereocenters. The van der Waals surface area contributed by atoms with E-state index in [-0.39, 0.29) is 5.82 Å². The van der Waals surface area contributed by atoms with Crippen LogP contribution in [0.2, 0.25) is 0 Å². The molecule has 94 valence electrons. The average molecular weight is 244 g/mol. The smallest absolute Gasteiger partial charge is 0.123 e. The Labute approximate surface area is 107 Å². The molecule has 0 radical (unpaired) electrons. The molecule has 0 aliphatic heterocycles. The number of rotatable bonds is 3. The van der Waals surface area contributed by atoms with Gasteiger partial charge in [-0.3, -0.25) is 0 Å². The van der Waals surface area contributed by atoms with Crippen molar-refractivity contribution in [2.24, 2.45) is 0 Å². The summed E-state index contributed by atoms with van der Waals surface area (Å²) in [5, 5.41) is 0. The van der Waals surface area contributed by atoms with Crippen LogP contribution >= 0.6 is 0 Å². The number of hydrogen-bond acceptors (Lipinski definition) is 2. The van der Waals surface area contributed by atoms with Crippen molar-refractivity contribution < 1.29 is 4.39 Å². The van der Waals surface area contributed by atoms with Gasteiger partial charge in [-0.2, -0.15) is 0 Å².